The molecule has 39 heavy (non-hydrogen) atoms. The van der Waals surface area contributed by atoms with Crippen LogP contribution in [0.4, 0.5) is 13.2 Å². The first-order valence-corrected chi connectivity index (χ1v) is 12.7. The SMILES string of the molecule is Cc1cc(C(F)(F)F)ccc1-c1ccc2nn(C(CC(C)C)c3ccc(C(=O)NCCC(=O)O)cc3)cc2c1. The van der Waals surface area contributed by atoms with Crippen LogP contribution >= 0.6 is 0 Å². The molecular formula is C30H30F3N3O3. The molecule has 1 heterocycles. The molecule has 0 spiro atoms. The molecule has 4 rings (SSSR count). The molecule has 3 aromatic carbocycles. The number of nitrogens with one attached hydrogen (secondary N) is 1. The van der Waals surface area contributed by atoms with Crippen LogP contribution in [0.5, 0.6) is 0 Å². The van der Waals surface area contributed by atoms with Gasteiger partial charge >= 0.3 is 12.1 Å². The van der Waals surface area contributed by atoms with E-state index >= 15 is 0 Å². The summed E-state index contributed by atoms with van der Waals surface area (Å²) in [5.74, 6) is -0.957. The van der Waals surface area contributed by atoms with E-state index in [1.807, 2.05) is 41.2 Å². The number of aliphatic carboxylic acids is 1. The van der Waals surface area contributed by atoms with E-state index in [1.54, 1.807) is 19.1 Å². The van der Waals surface area contributed by atoms with Gasteiger partial charge in [0.25, 0.3) is 5.91 Å². The van der Waals surface area contributed by atoms with Gasteiger partial charge in [-0.25, -0.2) is 0 Å². The van der Waals surface area contributed by atoms with Gasteiger partial charge in [0.2, 0.25) is 0 Å². The molecule has 2 N–H and O–H groups in total. The van der Waals surface area contributed by atoms with E-state index in [2.05, 4.69) is 19.2 Å². The second-order valence-electron chi connectivity index (χ2n) is 10.1. The second kappa shape index (κ2) is 11.3. The minimum atomic E-state index is -4.39. The number of hydrogen-bond acceptors (Lipinski definition) is 3. The van der Waals surface area contributed by atoms with Gasteiger partial charge in [-0.15, -0.1) is 0 Å². The average Bonchev–Trinajstić information content (AvgIpc) is 3.29. The van der Waals surface area contributed by atoms with Gasteiger partial charge in [-0.05, 0) is 77.9 Å². The first-order valence-electron chi connectivity index (χ1n) is 12.7. The van der Waals surface area contributed by atoms with Crippen molar-refractivity contribution in [3.05, 3.63) is 89.1 Å². The van der Waals surface area contributed by atoms with Crippen LogP contribution in [0.15, 0.2) is 66.9 Å². The van der Waals surface area contributed by atoms with Crippen LogP contribution in [0.2, 0.25) is 0 Å². The quantitative estimate of drug-likeness (QED) is 0.244. The molecular weight excluding hydrogens is 507 g/mol. The number of carboxylic acids is 1. The maximum absolute atomic E-state index is 13.1. The number of aryl methyl sites for hydroxylation is 1. The van der Waals surface area contributed by atoms with E-state index in [-0.39, 0.29) is 24.9 Å². The summed E-state index contributed by atoms with van der Waals surface area (Å²) >= 11 is 0. The molecule has 0 radical (unpaired) electrons. The van der Waals surface area contributed by atoms with Crippen molar-refractivity contribution in [2.24, 2.45) is 5.92 Å². The van der Waals surface area contributed by atoms with Crippen molar-refractivity contribution >= 4 is 22.8 Å². The van der Waals surface area contributed by atoms with Crippen LogP contribution in [-0.2, 0) is 11.0 Å². The van der Waals surface area contributed by atoms with Crippen molar-refractivity contribution in [3.63, 3.8) is 0 Å². The van der Waals surface area contributed by atoms with E-state index in [9.17, 15) is 22.8 Å². The number of rotatable bonds is 9. The highest BCUT2D eigenvalue weighted by atomic mass is 19.4. The fourth-order valence-electron chi connectivity index (χ4n) is 4.62. The van der Waals surface area contributed by atoms with Gasteiger partial charge in [0.15, 0.2) is 0 Å². The molecule has 0 saturated heterocycles. The molecule has 0 aliphatic rings. The molecule has 0 fully saturated rings. The normalized spacial score (nSPS) is 12.6. The lowest BCUT2D eigenvalue weighted by molar-refractivity contribution is -0.138. The van der Waals surface area contributed by atoms with Crippen molar-refractivity contribution in [1.82, 2.24) is 15.1 Å². The number of nitrogens with zero attached hydrogens (tertiary/aromatic N) is 2. The smallest absolute Gasteiger partial charge is 0.416 e. The van der Waals surface area contributed by atoms with E-state index in [0.29, 0.717) is 17.0 Å². The Kier molecular flexibility index (Phi) is 8.09. The zero-order valence-corrected chi connectivity index (χ0v) is 21.9. The van der Waals surface area contributed by atoms with Crippen LogP contribution < -0.4 is 5.32 Å². The van der Waals surface area contributed by atoms with Crippen molar-refractivity contribution in [1.29, 1.82) is 0 Å². The Morgan fingerprint density at radius 2 is 1.74 bits per heavy atom. The third kappa shape index (κ3) is 6.66. The molecule has 6 nitrogen and oxygen atoms in total. The van der Waals surface area contributed by atoms with E-state index in [4.69, 9.17) is 10.2 Å². The van der Waals surface area contributed by atoms with Crippen molar-refractivity contribution in [2.75, 3.05) is 6.54 Å². The van der Waals surface area contributed by atoms with Crippen LogP contribution in [0.3, 0.4) is 0 Å². The maximum atomic E-state index is 13.1. The number of aromatic nitrogens is 2. The molecule has 0 saturated carbocycles. The Morgan fingerprint density at radius 3 is 2.36 bits per heavy atom. The molecule has 0 aliphatic carbocycles. The highest BCUT2D eigenvalue weighted by Gasteiger charge is 2.30. The van der Waals surface area contributed by atoms with Crippen LogP contribution in [0.25, 0.3) is 22.0 Å². The van der Waals surface area contributed by atoms with Gasteiger partial charge in [-0.3, -0.25) is 14.3 Å². The van der Waals surface area contributed by atoms with E-state index in [0.717, 1.165) is 46.1 Å². The Balaban J connectivity index is 1.61. The predicted octanol–water partition coefficient (Wildman–Crippen LogP) is 6.87. The molecule has 1 unspecified atom stereocenters. The standard InChI is InChI=1S/C30H30F3N3O3/c1-18(2)14-27(20-4-6-21(7-5-20)29(39)34-13-12-28(37)38)36-17-23-16-22(8-11-26(23)35-36)25-10-9-24(15-19(25)3)30(31,32)33/h4-11,15-18,27H,12-14H2,1-3H3,(H,34,39)(H,37,38). The highest BCUT2D eigenvalue weighted by Crippen LogP contribution is 2.34. The molecule has 9 heteroatoms. The number of carbonyl (C=O) groups is 2. The summed E-state index contributed by atoms with van der Waals surface area (Å²) in [5, 5.41) is 17.0. The number of benzene rings is 3. The summed E-state index contributed by atoms with van der Waals surface area (Å²) in [6.07, 6.45) is -1.80. The summed E-state index contributed by atoms with van der Waals surface area (Å²) in [6, 6.07) is 16.5. The molecule has 1 atom stereocenters. The van der Waals surface area contributed by atoms with Crippen molar-refractivity contribution in [3.8, 4) is 11.1 Å². The van der Waals surface area contributed by atoms with Crippen LogP contribution in [0.1, 0.15) is 59.8 Å². The lowest BCUT2D eigenvalue weighted by atomic mass is 9.96. The first-order chi connectivity index (χ1) is 18.4. The van der Waals surface area contributed by atoms with Gasteiger partial charge in [-0.1, -0.05) is 38.1 Å². The summed E-state index contributed by atoms with van der Waals surface area (Å²) in [4.78, 5) is 23.0. The molecule has 0 bridgehead atoms. The molecule has 4 aromatic rings. The second-order valence-corrected chi connectivity index (χ2v) is 10.1. The summed E-state index contributed by atoms with van der Waals surface area (Å²) < 4.78 is 41.2. The molecule has 1 amide bonds. The third-order valence-corrected chi connectivity index (χ3v) is 6.58. The van der Waals surface area contributed by atoms with E-state index < -0.39 is 17.7 Å². The molecule has 204 valence electrons. The lowest BCUT2D eigenvalue weighted by Crippen LogP contribution is -2.26. The Labute approximate surface area is 224 Å². The largest absolute Gasteiger partial charge is 0.481 e. The van der Waals surface area contributed by atoms with E-state index in [1.165, 1.54) is 6.07 Å². The number of fused-ring (bicyclic) bond motifs is 1. The Hall–Kier alpha value is -4.14. The fourth-order valence-corrected chi connectivity index (χ4v) is 4.62. The van der Waals surface area contributed by atoms with Crippen LogP contribution in [-0.4, -0.2) is 33.3 Å². The number of carbonyl (C=O) groups excluding carboxylic acids is 1. The number of alkyl halides is 3. The van der Waals surface area contributed by atoms with Gasteiger partial charge < -0.3 is 10.4 Å². The summed E-state index contributed by atoms with van der Waals surface area (Å²) in [7, 11) is 0. The maximum Gasteiger partial charge on any atom is 0.416 e. The lowest BCUT2D eigenvalue weighted by Gasteiger charge is -2.20. The van der Waals surface area contributed by atoms with Gasteiger partial charge in [0.05, 0.1) is 23.5 Å². The van der Waals surface area contributed by atoms with Gasteiger partial charge in [0, 0.05) is 23.7 Å². The minimum Gasteiger partial charge on any atom is -0.481 e. The first kappa shape index (κ1) is 27.9. The topological polar surface area (TPSA) is 84.2 Å². The van der Waals surface area contributed by atoms with Crippen molar-refractivity contribution < 1.29 is 27.9 Å². The van der Waals surface area contributed by atoms with Crippen LogP contribution in [0, 0.1) is 12.8 Å². The van der Waals surface area contributed by atoms with Gasteiger partial charge in [-0.2, -0.15) is 18.3 Å². The minimum absolute atomic E-state index is 0.0553. The molecule has 0 aliphatic heterocycles. The summed E-state index contributed by atoms with van der Waals surface area (Å²) in [6.45, 7) is 5.96. The highest BCUT2D eigenvalue weighted by molar-refractivity contribution is 5.94. The number of halogens is 3. The zero-order valence-electron chi connectivity index (χ0n) is 21.9. The number of carboxylic acid groups (broad SMARTS) is 1. The van der Waals surface area contributed by atoms with Crippen molar-refractivity contribution in [2.45, 2.75) is 45.8 Å². The van der Waals surface area contributed by atoms with Gasteiger partial charge in [0.1, 0.15) is 0 Å². The third-order valence-electron chi connectivity index (χ3n) is 6.58. The average molecular weight is 538 g/mol. The summed E-state index contributed by atoms with van der Waals surface area (Å²) in [5.41, 5.74) is 3.60. The Morgan fingerprint density at radius 1 is 1.03 bits per heavy atom. The molecule has 1 aromatic heterocycles. The zero-order chi connectivity index (χ0) is 28.3. The number of hydrogen-bond donors (Lipinski definition) is 2. The predicted molar refractivity (Wildman–Crippen MR) is 144 cm³/mol. The number of amides is 1. The fraction of sp³-hybridized carbons (Fsp3) is 0.300. The Bertz CT molecular complexity index is 1490. The monoisotopic (exact) mass is 537 g/mol.